The van der Waals surface area contributed by atoms with Crippen molar-refractivity contribution in [1.29, 1.82) is 0 Å². The molecular formula is C30H34N2O5. The highest BCUT2D eigenvalue weighted by Gasteiger charge is 2.25. The van der Waals surface area contributed by atoms with Crippen molar-refractivity contribution in [3.05, 3.63) is 95.7 Å². The molecular weight excluding hydrogens is 468 g/mol. The Morgan fingerprint density at radius 2 is 1.70 bits per heavy atom. The number of aliphatic hydroxyl groups is 2. The molecule has 3 aromatic carbocycles. The number of carbonyl (C=O) groups is 1. The van der Waals surface area contributed by atoms with Crippen molar-refractivity contribution in [1.82, 2.24) is 4.57 Å². The van der Waals surface area contributed by atoms with Crippen LogP contribution in [0.1, 0.15) is 23.1 Å². The Morgan fingerprint density at radius 3 is 2.43 bits per heavy atom. The third-order valence-corrected chi connectivity index (χ3v) is 6.58. The molecule has 0 aliphatic heterocycles. The number of hydrogen-bond donors (Lipinski definition) is 3. The third-order valence-electron chi connectivity index (χ3n) is 6.58. The van der Waals surface area contributed by atoms with Gasteiger partial charge in [-0.1, -0.05) is 42.5 Å². The van der Waals surface area contributed by atoms with E-state index in [2.05, 4.69) is 53.2 Å². The Hall–Kier alpha value is -3.65. The van der Waals surface area contributed by atoms with Gasteiger partial charge < -0.3 is 30.0 Å². The number of aliphatic hydroxyl groups excluding tert-OH is 2. The summed E-state index contributed by atoms with van der Waals surface area (Å²) < 4.78 is 12.8. The number of methoxy groups -OCH3 is 1. The first-order valence-corrected chi connectivity index (χ1v) is 12.4. The highest BCUT2D eigenvalue weighted by molar-refractivity contribution is 5.86. The van der Waals surface area contributed by atoms with E-state index in [0.717, 1.165) is 40.7 Å². The lowest BCUT2D eigenvalue weighted by Crippen LogP contribution is -2.51. The minimum atomic E-state index is -1.33. The van der Waals surface area contributed by atoms with Gasteiger partial charge in [-0.3, -0.25) is 4.79 Å². The number of carbonyl (C=O) groups excluding carboxylic acids is 1. The average Bonchev–Trinajstić information content (AvgIpc) is 3.32. The van der Waals surface area contributed by atoms with Crippen LogP contribution in [0.2, 0.25) is 0 Å². The molecule has 0 unspecified atom stereocenters. The number of rotatable bonds is 12. The summed E-state index contributed by atoms with van der Waals surface area (Å²) >= 11 is 0. The van der Waals surface area contributed by atoms with Gasteiger partial charge in [-0.2, -0.15) is 0 Å². The molecule has 37 heavy (non-hydrogen) atoms. The summed E-state index contributed by atoms with van der Waals surface area (Å²) in [6, 6.07) is 24.7. The van der Waals surface area contributed by atoms with Crippen LogP contribution in [-0.2, 0) is 28.8 Å². The van der Waals surface area contributed by atoms with Gasteiger partial charge in [-0.15, -0.1) is 0 Å². The quantitative estimate of drug-likeness (QED) is 0.256. The van der Waals surface area contributed by atoms with Gasteiger partial charge >= 0.3 is 5.97 Å². The van der Waals surface area contributed by atoms with Gasteiger partial charge in [-0.05, 0) is 60.2 Å². The van der Waals surface area contributed by atoms with Crippen LogP contribution in [0.15, 0.2) is 79.0 Å². The fourth-order valence-corrected chi connectivity index (χ4v) is 4.28. The van der Waals surface area contributed by atoms with Gasteiger partial charge in [-0.25, -0.2) is 0 Å². The first-order valence-electron chi connectivity index (χ1n) is 12.4. The molecule has 4 aromatic rings. The molecule has 0 aliphatic carbocycles. The number of nitrogens with zero attached hydrogens (tertiary/aromatic N) is 1. The molecule has 0 spiro atoms. The van der Waals surface area contributed by atoms with Crippen molar-refractivity contribution >= 4 is 16.9 Å². The van der Waals surface area contributed by atoms with Crippen molar-refractivity contribution in [3.63, 3.8) is 0 Å². The maximum absolute atomic E-state index is 12.3. The number of fused-ring (bicyclic) bond motifs is 1. The summed E-state index contributed by atoms with van der Waals surface area (Å²) in [4.78, 5) is 12.3. The molecule has 4 rings (SSSR count). The molecule has 0 saturated carbocycles. The van der Waals surface area contributed by atoms with E-state index in [1.54, 1.807) is 7.11 Å². The van der Waals surface area contributed by atoms with E-state index >= 15 is 0 Å². The standard InChI is InChI=1S/C30H34N2O5/c1-36-26-9-5-8-25(17-26)32-18-24(13-10-22-6-3-2-4-7-22)27-16-23(11-14-28(27)32)12-15-29(35)37-21-30(31,19-33)20-34/h2-9,11,14,16-18,33-34H,10,12-13,15,19-21,31H2,1H3. The zero-order chi connectivity index (χ0) is 26.3. The largest absolute Gasteiger partial charge is 0.497 e. The lowest BCUT2D eigenvalue weighted by Gasteiger charge is -2.23. The molecule has 4 N–H and O–H groups in total. The third kappa shape index (κ3) is 6.57. The number of esters is 1. The van der Waals surface area contributed by atoms with E-state index in [4.69, 9.17) is 15.2 Å². The molecule has 1 heterocycles. The lowest BCUT2D eigenvalue weighted by molar-refractivity contribution is -0.146. The molecule has 194 valence electrons. The van der Waals surface area contributed by atoms with Crippen molar-refractivity contribution in [2.75, 3.05) is 26.9 Å². The van der Waals surface area contributed by atoms with Gasteiger partial charge in [0.05, 0.1) is 31.4 Å². The summed E-state index contributed by atoms with van der Waals surface area (Å²) in [5, 5.41) is 19.7. The van der Waals surface area contributed by atoms with Gasteiger partial charge in [0.1, 0.15) is 12.4 Å². The second-order valence-corrected chi connectivity index (χ2v) is 9.40. The minimum absolute atomic E-state index is 0.175. The van der Waals surface area contributed by atoms with Crippen molar-refractivity contribution in [2.24, 2.45) is 5.73 Å². The molecule has 0 saturated heterocycles. The highest BCUT2D eigenvalue weighted by Crippen LogP contribution is 2.29. The van der Waals surface area contributed by atoms with Gasteiger partial charge in [0, 0.05) is 29.8 Å². The summed E-state index contributed by atoms with van der Waals surface area (Å²) in [5.41, 5.74) is 10.1. The van der Waals surface area contributed by atoms with E-state index in [1.165, 1.54) is 11.1 Å². The van der Waals surface area contributed by atoms with Crippen LogP contribution >= 0.6 is 0 Å². The van der Waals surface area contributed by atoms with Crippen LogP contribution in [0.3, 0.4) is 0 Å². The van der Waals surface area contributed by atoms with Gasteiger partial charge in [0.25, 0.3) is 0 Å². The van der Waals surface area contributed by atoms with E-state index in [0.29, 0.717) is 6.42 Å². The maximum atomic E-state index is 12.3. The zero-order valence-electron chi connectivity index (χ0n) is 21.1. The monoisotopic (exact) mass is 502 g/mol. The molecule has 0 amide bonds. The molecule has 0 aliphatic rings. The Kier molecular flexibility index (Phi) is 8.61. The van der Waals surface area contributed by atoms with Gasteiger partial charge in [0.2, 0.25) is 0 Å². The summed E-state index contributed by atoms with van der Waals surface area (Å²) in [6.45, 7) is -1.17. The van der Waals surface area contributed by atoms with Crippen LogP contribution < -0.4 is 10.5 Å². The van der Waals surface area contributed by atoms with Crippen LogP contribution in [-0.4, -0.2) is 53.2 Å². The van der Waals surface area contributed by atoms with Crippen molar-refractivity contribution in [3.8, 4) is 11.4 Å². The van der Waals surface area contributed by atoms with E-state index in [1.807, 2.05) is 30.3 Å². The topological polar surface area (TPSA) is 107 Å². The first kappa shape index (κ1) is 26.4. The molecule has 7 heteroatoms. The summed E-state index contributed by atoms with van der Waals surface area (Å²) in [5.74, 6) is 0.374. The van der Waals surface area contributed by atoms with Crippen LogP contribution in [0.4, 0.5) is 0 Å². The SMILES string of the molecule is COc1cccc(-n2cc(CCc3ccccc3)c3cc(CCC(=O)OCC(N)(CO)CO)ccc32)c1. The molecule has 0 bridgehead atoms. The smallest absolute Gasteiger partial charge is 0.306 e. The number of aryl methyl sites for hydroxylation is 3. The Bertz CT molecular complexity index is 1330. The number of ether oxygens (including phenoxy) is 2. The van der Waals surface area contributed by atoms with Crippen LogP contribution in [0.5, 0.6) is 5.75 Å². The Balaban J connectivity index is 1.57. The highest BCUT2D eigenvalue weighted by atomic mass is 16.5. The van der Waals surface area contributed by atoms with Crippen LogP contribution in [0, 0.1) is 0 Å². The molecule has 1 aromatic heterocycles. The molecule has 0 fully saturated rings. The number of benzene rings is 3. The van der Waals surface area contributed by atoms with E-state index < -0.39 is 24.7 Å². The predicted molar refractivity (Wildman–Crippen MR) is 144 cm³/mol. The van der Waals surface area contributed by atoms with Crippen molar-refractivity contribution < 1.29 is 24.5 Å². The number of hydrogen-bond acceptors (Lipinski definition) is 6. The molecule has 0 radical (unpaired) electrons. The first-order chi connectivity index (χ1) is 17.9. The lowest BCUT2D eigenvalue weighted by atomic mass is 10.0. The summed E-state index contributed by atoms with van der Waals surface area (Å²) in [7, 11) is 1.66. The second-order valence-electron chi connectivity index (χ2n) is 9.40. The molecule has 0 atom stereocenters. The summed E-state index contributed by atoms with van der Waals surface area (Å²) in [6.07, 6.45) is 4.67. The average molecular weight is 503 g/mol. The molecule has 7 nitrogen and oxygen atoms in total. The number of aromatic nitrogens is 1. The Labute approximate surface area is 217 Å². The van der Waals surface area contributed by atoms with Gasteiger partial charge in [0.15, 0.2) is 0 Å². The predicted octanol–water partition coefficient (Wildman–Crippen LogP) is 3.58. The maximum Gasteiger partial charge on any atom is 0.306 e. The zero-order valence-corrected chi connectivity index (χ0v) is 21.1. The van der Waals surface area contributed by atoms with E-state index in [-0.39, 0.29) is 13.0 Å². The van der Waals surface area contributed by atoms with Crippen LogP contribution in [0.25, 0.3) is 16.6 Å². The normalized spacial score (nSPS) is 11.6. The van der Waals surface area contributed by atoms with E-state index in [9.17, 15) is 15.0 Å². The Morgan fingerprint density at radius 1 is 0.919 bits per heavy atom. The number of nitrogens with two attached hydrogens (primary N) is 1. The minimum Gasteiger partial charge on any atom is -0.497 e. The van der Waals surface area contributed by atoms with Crippen molar-refractivity contribution in [2.45, 2.75) is 31.2 Å². The fourth-order valence-electron chi connectivity index (χ4n) is 4.28. The fraction of sp³-hybridized carbons (Fsp3) is 0.300. The second kappa shape index (κ2) is 12.1.